The third kappa shape index (κ3) is 2.83. The minimum Gasteiger partial charge on any atom is -0.497 e. The largest absolute Gasteiger partial charge is 0.497 e. The van der Waals surface area contributed by atoms with Crippen molar-refractivity contribution in [1.82, 2.24) is 9.72 Å². The van der Waals surface area contributed by atoms with Crippen molar-refractivity contribution in [3.63, 3.8) is 0 Å². The van der Waals surface area contributed by atoms with Gasteiger partial charge in [0.15, 0.2) is 0 Å². The van der Waals surface area contributed by atoms with Crippen molar-refractivity contribution < 1.29 is 14.1 Å². The Balaban J connectivity index is 2.12. The van der Waals surface area contributed by atoms with E-state index in [-0.39, 0.29) is 5.91 Å². The summed E-state index contributed by atoms with van der Waals surface area (Å²) in [7, 11) is 1.64. The summed E-state index contributed by atoms with van der Waals surface area (Å²) in [4.78, 5) is 12.0. The summed E-state index contributed by atoms with van der Waals surface area (Å²) in [5.41, 5.74) is 5.15. The van der Waals surface area contributed by atoms with Gasteiger partial charge >= 0.3 is 0 Å². The van der Waals surface area contributed by atoms with Crippen molar-refractivity contribution in [2.24, 2.45) is 0 Å². The molecule has 6 heteroatoms. The van der Waals surface area contributed by atoms with E-state index in [0.29, 0.717) is 5.76 Å². The van der Waals surface area contributed by atoms with E-state index in [0.717, 1.165) is 45.0 Å². The summed E-state index contributed by atoms with van der Waals surface area (Å²) in [6, 6.07) is 15.8. The van der Waals surface area contributed by atoms with E-state index in [2.05, 4.69) is 15.0 Å². The highest BCUT2D eigenvalue weighted by Crippen LogP contribution is 2.42. The number of amides is 1. The molecular formula is C22H21N3O3. The fourth-order valence-electron chi connectivity index (χ4n) is 3.60. The van der Waals surface area contributed by atoms with E-state index < -0.39 is 0 Å². The van der Waals surface area contributed by atoms with Crippen molar-refractivity contribution in [2.75, 3.05) is 12.4 Å². The molecule has 28 heavy (non-hydrogen) atoms. The second-order valence-corrected chi connectivity index (χ2v) is 6.65. The van der Waals surface area contributed by atoms with Crippen LogP contribution < -0.4 is 10.1 Å². The van der Waals surface area contributed by atoms with Crippen LogP contribution in [0.15, 0.2) is 53.1 Å². The number of anilines is 1. The number of fused-ring (bicyclic) bond motifs is 1. The first-order chi connectivity index (χ1) is 13.5. The van der Waals surface area contributed by atoms with Crippen molar-refractivity contribution in [1.29, 1.82) is 0 Å². The number of carbonyl (C=O) groups is 1. The fraction of sp³-hybridized carbons (Fsp3) is 0.182. The van der Waals surface area contributed by atoms with Gasteiger partial charge in [0.05, 0.1) is 35.3 Å². The summed E-state index contributed by atoms with van der Waals surface area (Å²) < 4.78 is 12.9. The molecule has 0 saturated heterocycles. The molecule has 4 aromatic rings. The molecule has 142 valence electrons. The minimum absolute atomic E-state index is 0.134. The Hall–Kier alpha value is -3.54. The first kappa shape index (κ1) is 17.9. The second kappa shape index (κ2) is 6.88. The average Bonchev–Trinajstić information content (AvgIpc) is 3.18. The zero-order chi connectivity index (χ0) is 19.8. The Morgan fingerprint density at radius 1 is 1.11 bits per heavy atom. The Bertz CT molecular complexity index is 1150. The van der Waals surface area contributed by atoms with Crippen LogP contribution in [0, 0.1) is 13.8 Å². The average molecular weight is 375 g/mol. The van der Waals surface area contributed by atoms with Crippen LogP contribution >= 0.6 is 0 Å². The number of methoxy groups -OCH3 is 1. The van der Waals surface area contributed by atoms with Crippen molar-refractivity contribution >= 4 is 22.5 Å². The van der Waals surface area contributed by atoms with Gasteiger partial charge in [-0.05, 0) is 44.2 Å². The van der Waals surface area contributed by atoms with Crippen molar-refractivity contribution in [3.05, 3.63) is 60.0 Å². The molecule has 2 aromatic heterocycles. The third-order valence-corrected chi connectivity index (χ3v) is 4.78. The maximum atomic E-state index is 12.0. The molecule has 0 spiro atoms. The first-order valence-electron chi connectivity index (χ1n) is 9.00. The quantitative estimate of drug-likeness (QED) is 0.552. The number of aryl methyl sites for hydroxylation is 2. The smallest absolute Gasteiger partial charge is 0.221 e. The van der Waals surface area contributed by atoms with Crippen LogP contribution in [0.25, 0.3) is 27.8 Å². The number of rotatable bonds is 4. The first-order valence-corrected chi connectivity index (χ1v) is 9.00. The molecular weight excluding hydrogens is 354 g/mol. The molecule has 0 aliphatic heterocycles. The lowest BCUT2D eigenvalue weighted by atomic mass is 10.1. The highest BCUT2D eigenvalue weighted by molar-refractivity contribution is 6.09. The van der Waals surface area contributed by atoms with Crippen LogP contribution in [0.1, 0.15) is 18.4 Å². The molecule has 0 saturated carbocycles. The fourth-order valence-corrected chi connectivity index (χ4v) is 3.60. The van der Waals surface area contributed by atoms with Crippen LogP contribution in [0.4, 0.5) is 5.69 Å². The van der Waals surface area contributed by atoms with Crippen LogP contribution in [0.2, 0.25) is 0 Å². The molecule has 4 rings (SSSR count). The number of benzene rings is 2. The van der Waals surface area contributed by atoms with Crippen LogP contribution in [-0.2, 0) is 4.79 Å². The molecule has 0 atom stereocenters. The molecule has 2 aromatic carbocycles. The second-order valence-electron chi connectivity index (χ2n) is 6.65. The van der Waals surface area contributed by atoms with Gasteiger partial charge in [0.2, 0.25) is 5.91 Å². The zero-order valence-corrected chi connectivity index (χ0v) is 16.2. The normalized spacial score (nSPS) is 11.0. The lowest BCUT2D eigenvalue weighted by molar-refractivity contribution is -0.114. The maximum absolute atomic E-state index is 12.0. The molecule has 0 aliphatic rings. The van der Waals surface area contributed by atoms with Gasteiger partial charge in [0.1, 0.15) is 11.5 Å². The number of ether oxygens (including phenoxy) is 1. The van der Waals surface area contributed by atoms with Crippen LogP contribution in [0.5, 0.6) is 5.75 Å². The SMILES string of the molecule is COc1ccc(-n2c(-c3c(C)noc3C)c(NC(C)=O)c3ccccc32)cc1. The Kier molecular flexibility index (Phi) is 4.39. The molecule has 0 unspecified atom stereocenters. The molecule has 0 aliphatic carbocycles. The van der Waals surface area contributed by atoms with E-state index in [1.54, 1.807) is 7.11 Å². The highest BCUT2D eigenvalue weighted by atomic mass is 16.5. The van der Waals surface area contributed by atoms with Gasteiger partial charge in [-0.25, -0.2) is 0 Å². The highest BCUT2D eigenvalue weighted by Gasteiger charge is 2.25. The number of aromatic nitrogens is 2. The zero-order valence-electron chi connectivity index (χ0n) is 16.2. The van der Waals surface area contributed by atoms with Gasteiger partial charge in [-0.3, -0.25) is 4.79 Å². The lowest BCUT2D eigenvalue weighted by Crippen LogP contribution is -2.07. The number of para-hydroxylation sites is 1. The van der Waals surface area contributed by atoms with Gasteiger partial charge < -0.3 is 19.1 Å². The summed E-state index contributed by atoms with van der Waals surface area (Å²) >= 11 is 0. The topological polar surface area (TPSA) is 69.3 Å². The van der Waals surface area contributed by atoms with E-state index in [9.17, 15) is 4.79 Å². The molecule has 0 radical (unpaired) electrons. The third-order valence-electron chi connectivity index (χ3n) is 4.78. The minimum atomic E-state index is -0.134. The van der Waals surface area contributed by atoms with E-state index in [1.807, 2.05) is 62.4 Å². The van der Waals surface area contributed by atoms with Gasteiger partial charge in [0, 0.05) is 18.0 Å². The molecule has 1 N–H and O–H groups in total. The van der Waals surface area contributed by atoms with E-state index in [4.69, 9.17) is 9.26 Å². The number of hydrogen-bond donors (Lipinski definition) is 1. The standard InChI is InChI=1S/C22H21N3O3/c1-13-20(14(2)28-24-13)22-21(23-15(3)26)18-7-5-6-8-19(18)25(22)16-9-11-17(27-4)12-10-16/h5-12H,1-4H3,(H,23,26). The van der Waals surface area contributed by atoms with Crippen LogP contribution in [0.3, 0.4) is 0 Å². The molecule has 0 fully saturated rings. The molecule has 6 nitrogen and oxygen atoms in total. The summed E-state index contributed by atoms with van der Waals surface area (Å²) in [6.07, 6.45) is 0. The van der Waals surface area contributed by atoms with E-state index in [1.165, 1.54) is 6.92 Å². The number of carbonyl (C=O) groups excluding carboxylic acids is 1. The van der Waals surface area contributed by atoms with E-state index >= 15 is 0 Å². The predicted octanol–water partition coefficient (Wildman–Crippen LogP) is 4.87. The Morgan fingerprint density at radius 2 is 1.82 bits per heavy atom. The van der Waals surface area contributed by atoms with Crippen LogP contribution in [-0.4, -0.2) is 22.7 Å². The molecule has 1 amide bonds. The van der Waals surface area contributed by atoms with Gasteiger partial charge in [-0.1, -0.05) is 23.4 Å². The Morgan fingerprint density at radius 3 is 2.43 bits per heavy atom. The summed E-state index contributed by atoms with van der Waals surface area (Å²) in [5.74, 6) is 1.34. The summed E-state index contributed by atoms with van der Waals surface area (Å²) in [6.45, 7) is 5.29. The number of nitrogens with zero attached hydrogens (tertiary/aromatic N) is 2. The van der Waals surface area contributed by atoms with Gasteiger partial charge in [-0.2, -0.15) is 0 Å². The molecule has 0 bridgehead atoms. The van der Waals surface area contributed by atoms with Gasteiger partial charge in [0.25, 0.3) is 0 Å². The maximum Gasteiger partial charge on any atom is 0.221 e. The monoisotopic (exact) mass is 375 g/mol. The lowest BCUT2D eigenvalue weighted by Gasteiger charge is -2.13. The molecule has 2 heterocycles. The predicted molar refractivity (Wildman–Crippen MR) is 109 cm³/mol. The van der Waals surface area contributed by atoms with Crippen molar-refractivity contribution in [3.8, 4) is 22.7 Å². The number of hydrogen-bond acceptors (Lipinski definition) is 4. The summed E-state index contributed by atoms with van der Waals surface area (Å²) in [5, 5.41) is 8.09. The van der Waals surface area contributed by atoms with Gasteiger partial charge in [-0.15, -0.1) is 0 Å². The Labute approximate surface area is 162 Å². The number of nitrogens with one attached hydrogen (secondary N) is 1. The van der Waals surface area contributed by atoms with Crippen molar-refractivity contribution in [2.45, 2.75) is 20.8 Å².